The quantitative estimate of drug-likeness (QED) is 0.728. The van der Waals surface area contributed by atoms with Crippen molar-refractivity contribution in [3.8, 4) is 5.69 Å². The van der Waals surface area contributed by atoms with Crippen LogP contribution in [-0.4, -0.2) is 9.55 Å². The molecule has 1 aliphatic heterocycles. The van der Waals surface area contributed by atoms with Crippen LogP contribution >= 0.6 is 0 Å². The second-order valence-corrected chi connectivity index (χ2v) is 4.38. The number of hydrogen-bond donors (Lipinski definition) is 1. The molecule has 3 rings (SSSR count). The number of rotatable bonds is 0. The SMILES string of the molecule is Cc1cn2c(n1)C(N)CCc1ccccc1-2. The fourth-order valence-corrected chi connectivity index (χ4v) is 2.37. The monoisotopic (exact) mass is 213 g/mol. The Morgan fingerprint density at radius 3 is 3.06 bits per heavy atom. The molecule has 16 heavy (non-hydrogen) atoms. The van der Waals surface area contributed by atoms with Gasteiger partial charge in [-0.3, -0.25) is 0 Å². The van der Waals surface area contributed by atoms with Gasteiger partial charge in [-0.05, 0) is 31.4 Å². The van der Waals surface area contributed by atoms with E-state index in [9.17, 15) is 0 Å². The van der Waals surface area contributed by atoms with E-state index in [1.807, 2.05) is 6.92 Å². The Labute approximate surface area is 94.9 Å². The molecule has 82 valence electrons. The lowest BCUT2D eigenvalue weighted by Gasteiger charge is -2.09. The van der Waals surface area contributed by atoms with Crippen molar-refractivity contribution in [2.24, 2.45) is 5.73 Å². The van der Waals surface area contributed by atoms with Gasteiger partial charge in [0.25, 0.3) is 0 Å². The van der Waals surface area contributed by atoms with Gasteiger partial charge in [-0.2, -0.15) is 0 Å². The van der Waals surface area contributed by atoms with E-state index in [0.29, 0.717) is 0 Å². The first kappa shape index (κ1) is 9.60. The molecule has 3 heteroatoms. The molecule has 1 aromatic heterocycles. The summed E-state index contributed by atoms with van der Waals surface area (Å²) in [6.45, 7) is 2.01. The summed E-state index contributed by atoms with van der Waals surface area (Å²) in [5, 5.41) is 0. The summed E-state index contributed by atoms with van der Waals surface area (Å²) in [6, 6.07) is 8.50. The van der Waals surface area contributed by atoms with Crippen LogP contribution in [0.4, 0.5) is 0 Å². The maximum Gasteiger partial charge on any atom is 0.130 e. The van der Waals surface area contributed by atoms with Crippen LogP contribution in [0.2, 0.25) is 0 Å². The first-order valence-corrected chi connectivity index (χ1v) is 5.65. The lowest BCUT2D eigenvalue weighted by Crippen LogP contribution is -2.13. The molecule has 2 N–H and O–H groups in total. The molecule has 0 aliphatic carbocycles. The third kappa shape index (κ3) is 1.36. The van der Waals surface area contributed by atoms with E-state index in [0.717, 1.165) is 24.4 Å². The van der Waals surface area contributed by atoms with E-state index >= 15 is 0 Å². The molecule has 2 aromatic rings. The maximum absolute atomic E-state index is 6.16. The Balaban J connectivity index is 2.27. The molecule has 0 saturated heterocycles. The van der Waals surface area contributed by atoms with Gasteiger partial charge in [-0.15, -0.1) is 0 Å². The fraction of sp³-hybridized carbons (Fsp3) is 0.308. The van der Waals surface area contributed by atoms with E-state index in [-0.39, 0.29) is 6.04 Å². The molecule has 0 fully saturated rings. The summed E-state index contributed by atoms with van der Waals surface area (Å²) >= 11 is 0. The molecule has 1 atom stereocenters. The van der Waals surface area contributed by atoms with Crippen LogP contribution in [0.25, 0.3) is 5.69 Å². The molecule has 0 radical (unpaired) electrons. The molecule has 0 bridgehead atoms. The van der Waals surface area contributed by atoms with Crippen LogP contribution < -0.4 is 5.73 Å². The van der Waals surface area contributed by atoms with E-state index < -0.39 is 0 Å². The third-order valence-electron chi connectivity index (χ3n) is 3.16. The highest BCUT2D eigenvalue weighted by atomic mass is 15.1. The third-order valence-corrected chi connectivity index (χ3v) is 3.16. The van der Waals surface area contributed by atoms with Crippen molar-refractivity contribution in [1.29, 1.82) is 0 Å². The Kier molecular flexibility index (Phi) is 2.07. The lowest BCUT2D eigenvalue weighted by molar-refractivity contribution is 0.620. The first-order chi connectivity index (χ1) is 7.75. The van der Waals surface area contributed by atoms with Gasteiger partial charge < -0.3 is 10.3 Å². The number of para-hydroxylation sites is 1. The summed E-state index contributed by atoms with van der Waals surface area (Å²) < 4.78 is 2.14. The van der Waals surface area contributed by atoms with E-state index in [1.165, 1.54) is 11.3 Å². The maximum atomic E-state index is 6.16. The van der Waals surface area contributed by atoms with Crippen molar-refractivity contribution in [2.75, 3.05) is 0 Å². The topological polar surface area (TPSA) is 43.8 Å². The second kappa shape index (κ2) is 3.46. The van der Waals surface area contributed by atoms with Crippen molar-refractivity contribution >= 4 is 0 Å². The molecule has 3 nitrogen and oxygen atoms in total. The van der Waals surface area contributed by atoms with Crippen LogP contribution in [0.15, 0.2) is 30.5 Å². The minimum atomic E-state index is 0.0427. The van der Waals surface area contributed by atoms with Crippen LogP contribution in [-0.2, 0) is 6.42 Å². The number of aryl methyl sites for hydroxylation is 2. The van der Waals surface area contributed by atoms with Gasteiger partial charge in [0.2, 0.25) is 0 Å². The molecule has 2 heterocycles. The predicted molar refractivity (Wildman–Crippen MR) is 63.6 cm³/mol. The smallest absolute Gasteiger partial charge is 0.130 e. The highest BCUT2D eigenvalue weighted by Gasteiger charge is 2.20. The molecule has 0 spiro atoms. The van der Waals surface area contributed by atoms with Gasteiger partial charge in [0.1, 0.15) is 5.82 Å². The summed E-state index contributed by atoms with van der Waals surface area (Å²) in [7, 11) is 0. The van der Waals surface area contributed by atoms with E-state index in [2.05, 4.69) is 40.0 Å². The Bertz CT molecular complexity index is 528. The molecule has 0 amide bonds. The molecule has 1 unspecified atom stereocenters. The van der Waals surface area contributed by atoms with Crippen molar-refractivity contribution in [1.82, 2.24) is 9.55 Å². The number of fused-ring (bicyclic) bond motifs is 3. The zero-order valence-corrected chi connectivity index (χ0v) is 9.35. The van der Waals surface area contributed by atoms with Gasteiger partial charge in [-0.1, -0.05) is 18.2 Å². The number of aromatic nitrogens is 2. The Hall–Kier alpha value is -1.61. The largest absolute Gasteiger partial charge is 0.321 e. The minimum Gasteiger partial charge on any atom is -0.321 e. The van der Waals surface area contributed by atoms with Crippen molar-refractivity contribution in [3.05, 3.63) is 47.5 Å². The number of nitrogens with two attached hydrogens (primary N) is 1. The summed E-state index contributed by atoms with van der Waals surface area (Å²) in [6.07, 6.45) is 4.06. The Morgan fingerprint density at radius 1 is 1.38 bits per heavy atom. The van der Waals surface area contributed by atoms with Gasteiger partial charge in [0.15, 0.2) is 0 Å². The van der Waals surface area contributed by atoms with Crippen molar-refractivity contribution in [2.45, 2.75) is 25.8 Å². The van der Waals surface area contributed by atoms with E-state index in [1.54, 1.807) is 0 Å². The van der Waals surface area contributed by atoms with Gasteiger partial charge >= 0.3 is 0 Å². The summed E-state index contributed by atoms with van der Waals surface area (Å²) in [5.41, 5.74) is 9.77. The number of nitrogens with zero attached hydrogens (tertiary/aromatic N) is 2. The number of hydrogen-bond acceptors (Lipinski definition) is 2. The van der Waals surface area contributed by atoms with Crippen molar-refractivity contribution < 1.29 is 0 Å². The predicted octanol–water partition coefficient (Wildman–Crippen LogP) is 2.13. The average molecular weight is 213 g/mol. The highest BCUT2D eigenvalue weighted by Crippen LogP contribution is 2.27. The highest BCUT2D eigenvalue weighted by molar-refractivity contribution is 5.44. The van der Waals surface area contributed by atoms with Gasteiger partial charge in [0.05, 0.1) is 11.7 Å². The van der Waals surface area contributed by atoms with Crippen LogP contribution in [0.3, 0.4) is 0 Å². The zero-order valence-electron chi connectivity index (χ0n) is 9.35. The molecular formula is C13H15N3. The molecular weight excluding hydrogens is 198 g/mol. The first-order valence-electron chi connectivity index (χ1n) is 5.65. The fourth-order valence-electron chi connectivity index (χ4n) is 2.37. The zero-order chi connectivity index (χ0) is 11.1. The lowest BCUT2D eigenvalue weighted by atomic mass is 10.1. The number of imidazole rings is 1. The van der Waals surface area contributed by atoms with Crippen LogP contribution in [0, 0.1) is 6.92 Å². The van der Waals surface area contributed by atoms with Gasteiger partial charge in [0, 0.05) is 11.9 Å². The molecule has 0 saturated carbocycles. The van der Waals surface area contributed by atoms with Gasteiger partial charge in [-0.25, -0.2) is 4.98 Å². The van der Waals surface area contributed by atoms with E-state index in [4.69, 9.17) is 5.73 Å². The standard InChI is InChI=1S/C13H15N3/c1-9-8-16-12-5-3-2-4-10(12)6-7-11(14)13(16)15-9/h2-5,8,11H,6-7,14H2,1H3. The average Bonchev–Trinajstić information content (AvgIpc) is 2.63. The van der Waals surface area contributed by atoms with Crippen molar-refractivity contribution in [3.63, 3.8) is 0 Å². The second-order valence-electron chi connectivity index (χ2n) is 4.38. The molecule has 1 aromatic carbocycles. The van der Waals surface area contributed by atoms with Crippen LogP contribution in [0.1, 0.15) is 29.5 Å². The normalized spacial score (nSPS) is 18.8. The number of benzene rings is 1. The Morgan fingerprint density at radius 2 is 2.19 bits per heavy atom. The molecule has 1 aliphatic rings. The minimum absolute atomic E-state index is 0.0427. The van der Waals surface area contributed by atoms with Crippen LogP contribution in [0.5, 0.6) is 0 Å². The summed E-state index contributed by atoms with van der Waals surface area (Å²) in [5.74, 6) is 0.988. The summed E-state index contributed by atoms with van der Waals surface area (Å²) in [4.78, 5) is 4.53.